The molecular weight excluding hydrogens is 314 g/mol. The smallest absolute Gasteiger partial charge is 0.329 e. The summed E-state index contributed by atoms with van der Waals surface area (Å²) in [7, 11) is 0. The Morgan fingerprint density at radius 2 is 1.70 bits per heavy atom. The Hall–Kier alpha value is -2.66. The molecule has 0 aliphatic heterocycles. The number of nitrogens with one attached hydrogen (secondary N) is 2. The van der Waals surface area contributed by atoms with Gasteiger partial charge in [-0.3, -0.25) is 9.59 Å². The number of hydrogen-bond donors (Lipinski definition) is 2. The van der Waals surface area contributed by atoms with Crippen molar-refractivity contribution in [3.05, 3.63) is 70.7 Å². The van der Waals surface area contributed by atoms with Crippen molar-refractivity contribution < 1.29 is 9.59 Å². The maximum absolute atomic E-state index is 11.8. The molecule has 0 aliphatic rings. The van der Waals surface area contributed by atoms with Crippen LogP contribution in [0.1, 0.15) is 24.1 Å². The van der Waals surface area contributed by atoms with Gasteiger partial charge in [-0.2, -0.15) is 5.10 Å². The molecule has 23 heavy (non-hydrogen) atoms. The van der Waals surface area contributed by atoms with E-state index in [-0.39, 0.29) is 6.04 Å². The molecule has 0 aliphatic carbocycles. The number of amides is 2. The van der Waals surface area contributed by atoms with E-state index in [0.717, 1.165) is 11.1 Å². The lowest BCUT2D eigenvalue weighted by Crippen LogP contribution is -2.39. The van der Waals surface area contributed by atoms with Gasteiger partial charge in [-0.15, -0.1) is 0 Å². The maximum Gasteiger partial charge on any atom is 0.329 e. The molecular formula is C17H16ClN3O2. The van der Waals surface area contributed by atoms with Crippen LogP contribution in [0.2, 0.25) is 5.02 Å². The van der Waals surface area contributed by atoms with Crippen molar-refractivity contribution in [3.8, 4) is 0 Å². The molecule has 0 saturated carbocycles. The average molecular weight is 330 g/mol. The summed E-state index contributed by atoms with van der Waals surface area (Å²) in [6.45, 7) is 1.80. The first kappa shape index (κ1) is 16.7. The van der Waals surface area contributed by atoms with Gasteiger partial charge in [0.2, 0.25) is 0 Å². The molecule has 2 amide bonds. The third-order valence-electron chi connectivity index (χ3n) is 3.10. The van der Waals surface area contributed by atoms with Gasteiger partial charge in [0.05, 0.1) is 12.3 Å². The fourth-order valence-corrected chi connectivity index (χ4v) is 1.98. The summed E-state index contributed by atoms with van der Waals surface area (Å²) in [6, 6.07) is 16.0. The standard InChI is InChI=1S/C17H16ClN3O2/c1-12(14-5-3-2-4-6-14)20-16(22)17(23)21-19-11-13-7-9-15(18)10-8-13/h2-12H,1H3,(H,20,22)(H,21,23)/b19-11-/t12-/m0/s1. The Kier molecular flexibility index (Phi) is 5.88. The predicted molar refractivity (Wildman–Crippen MR) is 90.2 cm³/mol. The lowest BCUT2D eigenvalue weighted by Gasteiger charge is -2.13. The largest absolute Gasteiger partial charge is 0.341 e. The number of nitrogens with zero attached hydrogens (tertiary/aromatic N) is 1. The zero-order valence-corrected chi connectivity index (χ0v) is 13.2. The third kappa shape index (κ3) is 5.23. The molecule has 0 radical (unpaired) electrons. The molecule has 0 aromatic heterocycles. The minimum Gasteiger partial charge on any atom is -0.341 e. The number of benzene rings is 2. The number of carbonyl (C=O) groups excluding carboxylic acids is 2. The van der Waals surface area contributed by atoms with E-state index in [1.807, 2.05) is 30.3 Å². The molecule has 0 bridgehead atoms. The van der Waals surface area contributed by atoms with Gasteiger partial charge in [-0.1, -0.05) is 54.1 Å². The fourth-order valence-electron chi connectivity index (χ4n) is 1.85. The molecule has 6 heteroatoms. The minimum atomic E-state index is -0.821. The molecule has 2 aromatic rings. The van der Waals surface area contributed by atoms with Gasteiger partial charge in [0, 0.05) is 5.02 Å². The maximum atomic E-state index is 11.8. The highest BCUT2D eigenvalue weighted by Crippen LogP contribution is 2.10. The molecule has 0 heterocycles. The lowest BCUT2D eigenvalue weighted by atomic mass is 10.1. The molecule has 2 aromatic carbocycles. The lowest BCUT2D eigenvalue weighted by molar-refractivity contribution is -0.139. The van der Waals surface area contributed by atoms with Crippen molar-refractivity contribution in [2.24, 2.45) is 5.10 Å². The Balaban J connectivity index is 1.85. The second-order valence-corrected chi connectivity index (χ2v) is 5.29. The van der Waals surface area contributed by atoms with Gasteiger partial charge in [-0.05, 0) is 30.2 Å². The predicted octanol–water partition coefficient (Wildman–Crippen LogP) is 2.67. The summed E-state index contributed by atoms with van der Waals surface area (Å²) in [5.74, 6) is -1.56. The molecule has 0 fully saturated rings. The van der Waals surface area contributed by atoms with Crippen molar-refractivity contribution in [1.82, 2.24) is 10.7 Å². The summed E-state index contributed by atoms with van der Waals surface area (Å²) in [5.41, 5.74) is 3.86. The number of carbonyl (C=O) groups is 2. The van der Waals surface area contributed by atoms with Crippen LogP contribution < -0.4 is 10.7 Å². The summed E-state index contributed by atoms with van der Waals surface area (Å²) in [6.07, 6.45) is 1.43. The Morgan fingerprint density at radius 3 is 2.35 bits per heavy atom. The van der Waals surface area contributed by atoms with E-state index in [1.54, 1.807) is 31.2 Å². The van der Waals surface area contributed by atoms with Crippen molar-refractivity contribution in [3.63, 3.8) is 0 Å². The van der Waals surface area contributed by atoms with Crippen molar-refractivity contribution in [1.29, 1.82) is 0 Å². The molecule has 2 rings (SSSR count). The molecule has 5 nitrogen and oxygen atoms in total. The van der Waals surface area contributed by atoms with E-state index in [9.17, 15) is 9.59 Å². The van der Waals surface area contributed by atoms with E-state index in [2.05, 4.69) is 15.8 Å². The molecule has 2 N–H and O–H groups in total. The van der Waals surface area contributed by atoms with Crippen LogP contribution in [0, 0.1) is 0 Å². The highest BCUT2D eigenvalue weighted by atomic mass is 35.5. The van der Waals surface area contributed by atoms with Crippen molar-refractivity contribution >= 4 is 29.6 Å². The summed E-state index contributed by atoms with van der Waals surface area (Å²) in [5, 5.41) is 6.97. The first-order valence-corrected chi connectivity index (χ1v) is 7.38. The number of hydrogen-bond acceptors (Lipinski definition) is 3. The Morgan fingerprint density at radius 1 is 1.04 bits per heavy atom. The van der Waals surface area contributed by atoms with Crippen LogP contribution in [0.4, 0.5) is 0 Å². The van der Waals surface area contributed by atoms with Gasteiger partial charge in [0.25, 0.3) is 0 Å². The van der Waals surface area contributed by atoms with Crippen LogP contribution in [0.3, 0.4) is 0 Å². The number of rotatable bonds is 4. The third-order valence-corrected chi connectivity index (χ3v) is 3.36. The van der Waals surface area contributed by atoms with Crippen molar-refractivity contribution in [2.75, 3.05) is 0 Å². The van der Waals surface area contributed by atoms with E-state index in [4.69, 9.17) is 11.6 Å². The second kappa shape index (κ2) is 8.10. The van der Waals surface area contributed by atoms with Crippen LogP contribution >= 0.6 is 11.6 Å². The van der Waals surface area contributed by atoms with Crippen LogP contribution in [0.5, 0.6) is 0 Å². The van der Waals surface area contributed by atoms with Gasteiger partial charge >= 0.3 is 11.8 Å². The normalized spacial score (nSPS) is 11.9. The van der Waals surface area contributed by atoms with Gasteiger partial charge in [0.1, 0.15) is 0 Å². The summed E-state index contributed by atoms with van der Waals surface area (Å²) in [4.78, 5) is 23.5. The number of hydrazone groups is 1. The Bertz CT molecular complexity index is 700. The van der Waals surface area contributed by atoms with Gasteiger partial charge in [0.15, 0.2) is 0 Å². The summed E-state index contributed by atoms with van der Waals surface area (Å²) < 4.78 is 0. The zero-order valence-electron chi connectivity index (χ0n) is 12.5. The van der Waals surface area contributed by atoms with Crippen LogP contribution in [-0.4, -0.2) is 18.0 Å². The summed E-state index contributed by atoms with van der Waals surface area (Å²) >= 11 is 5.77. The Labute approximate surface area is 139 Å². The number of halogens is 1. The minimum absolute atomic E-state index is 0.269. The first-order valence-electron chi connectivity index (χ1n) is 7.00. The van der Waals surface area contributed by atoms with E-state index in [0.29, 0.717) is 5.02 Å². The topological polar surface area (TPSA) is 70.6 Å². The van der Waals surface area contributed by atoms with Gasteiger partial charge < -0.3 is 5.32 Å². The highest BCUT2D eigenvalue weighted by Gasteiger charge is 2.16. The molecule has 0 spiro atoms. The molecule has 118 valence electrons. The van der Waals surface area contributed by atoms with Gasteiger partial charge in [-0.25, -0.2) is 5.43 Å². The zero-order chi connectivity index (χ0) is 16.7. The SMILES string of the molecule is C[C@H](NC(=O)C(=O)N/N=C\c1ccc(Cl)cc1)c1ccccc1. The van der Waals surface area contributed by atoms with Crippen LogP contribution in [0.25, 0.3) is 0 Å². The fraction of sp³-hybridized carbons (Fsp3) is 0.118. The average Bonchev–Trinajstić information content (AvgIpc) is 2.57. The van der Waals surface area contributed by atoms with E-state index < -0.39 is 11.8 Å². The monoisotopic (exact) mass is 329 g/mol. The van der Waals surface area contributed by atoms with Crippen LogP contribution in [0.15, 0.2) is 59.7 Å². The van der Waals surface area contributed by atoms with Crippen LogP contribution in [-0.2, 0) is 9.59 Å². The van der Waals surface area contributed by atoms with Crippen molar-refractivity contribution in [2.45, 2.75) is 13.0 Å². The molecule has 0 saturated heterocycles. The van der Waals surface area contributed by atoms with E-state index in [1.165, 1.54) is 6.21 Å². The molecule has 1 atom stereocenters. The second-order valence-electron chi connectivity index (χ2n) is 4.86. The quantitative estimate of drug-likeness (QED) is 0.514. The highest BCUT2D eigenvalue weighted by molar-refractivity contribution is 6.35. The molecule has 0 unspecified atom stereocenters. The first-order chi connectivity index (χ1) is 11.1. The van der Waals surface area contributed by atoms with E-state index >= 15 is 0 Å².